The molecule has 1 amide bonds. The molecule has 0 unspecified atom stereocenters. The molecule has 7 heteroatoms. The largest absolute Gasteiger partial charge is 0.478 e. The second kappa shape index (κ2) is 6.40. The zero-order chi connectivity index (χ0) is 15.3. The third-order valence-corrected chi connectivity index (χ3v) is 2.51. The van der Waals surface area contributed by atoms with Crippen molar-refractivity contribution in [1.29, 1.82) is 0 Å². The summed E-state index contributed by atoms with van der Waals surface area (Å²) in [6.07, 6.45) is -5.43. The van der Waals surface area contributed by atoms with Gasteiger partial charge in [0.05, 0.1) is 5.56 Å². The number of rotatable bonds is 5. The van der Waals surface area contributed by atoms with Crippen LogP contribution in [0.25, 0.3) is 0 Å². The average Bonchev–Trinajstić information content (AvgIpc) is 2.32. The van der Waals surface area contributed by atoms with E-state index in [0.29, 0.717) is 5.56 Å². The lowest BCUT2D eigenvalue weighted by Gasteiger charge is -2.08. The number of hydrogen-bond acceptors (Lipinski definition) is 2. The first-order chi connectivity index (χ1) is 9.19. The number of halogens is 3. The minimum absolute atomic E-state index is 0.0366. The number of nitrogens with one attached hydrogen (secondary N) is 1. The van der Waals surface area contributed by atoms with Gasteiger partial charge in [-0.3, -0.25) is 4.79 Å². The van der Waals surface area contributed by atoms with Gasteiger partial charge in [0.25, 0.3) is 5.91 Å². The van der Waals surface area contributed by atoms with Crippen molar-refractivity contribution in [3.05, 3.63) is 34.9 Å². The number of aromatic carboxylic acids is 1. The van der Waals surface area contributed by atoms with Gasteiger partial charge in [0.2, 0.25) is 0 Å². The van der Waals surface area contributed by atoms with E-state index in [2.05, 4.69) is 5.32 Å². The van der Waals surface area contributed by atoms with Gasteiger partial charge >= 0.3 is 12.1 Å². The van der Waals surface area contributed by atoms with E-state index in [0.717, 1.165) is 0 Å². The number of carbonyl (C=O) groups is 2. The van der Waals surface area contributed by atoms with E-state index in [1.165, 1.54) is 18.2 Å². The Labute approximate surface area is 113 Å². The summed E-state index contributed by atoms with van der Waals surface area (Å²) in [6.45, 7) is 1.52. The molecule has 0 spiro atoms. The summed E-state index contributed by atoms with van der Waals surface area (Å²) in [6, 6.07) is 4.07. The second-order valence-electron chi connectivity index (χ2n) is 4.37. The first-order valence-electron chi connectivity index (χ1n) is 5.89. The van der Waals surface area contributed by atoms with E-state index in [-0.39, 0.29) is 24.1 Å². The summed E-state index contributed by atoms with van der Waals surface area (Å²) in [5.74, 6) is -1.75. The van der Waals surface area contributed by atoms with Crippen LogP contribution < -0.4 is 5.32 Å². The highest BCUT2D eigenvalue weighted by Crippen LogP contribution is 2.20. The lowest BCUT2D eigenvalue weighted by molar-refractivity contribution is -0.135. The molecule has 110 valence electrons. The minimum Gasteiger partial charge on any atom is -0.478 e. The maximum atomic E-state index is 11.9. The van der Waals surface area contributed by atoms with Gasteiger partial charge in [-0.1, -0.05) is 0 Å². The molecule has 4 nitrogen and oxygen atoms in total. The van der Waals surface area contributed by atoms with Gasteiger partial charge in [0.1, 0.15) is 0 Å². The Morgan fingerprint density at radius 2 is 1.80 bits per heavy atom. The number of alkyl halides is 3. The number of benzene rings is 1. The summed E-state index contributed by atoms with van der Waals surface area (Å²) in [5, 5.41) is 11.2. The number of aryl methyl sites for hydroxylation is 1. The van der Waals surface area contributed by atoms with E-state index in [1.54, 1.807) is 6.92 Å². The number of carboxylic acid groups (broad SMARTS) is 1. The van der Waals surface area contributed by atoms with E-state index >= 15 is 0 Å². The van der Waals surface area contributed by atoms with E-state index in [1.807, 2.05) is 0 Å². The quantitative estimate of drug-likeness (QED) is 0.819. The van der Waals surface area contributed by atoms with Crippen molar-refractivity contribution in [2.75, 3.05) is 6.54 Å². The molecule has 0 radical (unpaired) electrons. The first-order valence-corrected chi connectivity index (χ1v) is 5.89. The molecule has 2 N–H and O–H groups in total. The Balaban J connectivity index is 2.62. The van der Waals surface area contributed by atoms with Crippen LogP contribution in [-0.4, -0.2) is 29.7 Å². The van der Waals surface area contributed by atoms with Crippen LogP contribution in [0.15, 0.2) is 18.2 Å². The van der Waals surface area contributed by atoms with Crippen LogP contribution in [0.5, 0.6) is 0 Å². The molecule has 0 aliphatic heterocycles. The predicted molar refractivity (Wildman–Crippen MR) is 65.8 cm³/mol. The molecule has 0 saturated heterocycles. The lowest BCUT2D eigenvalue weighted by atomic mass is 10.1. The number of amides is 1. The predicted octanol–water partition coefficient (Wildman–Crippen LogP) is 2.77. The fraction of sp³-hybridized carbons (Fsp3) is 0.385. The summed E-state index contributed by atoms with van der Waals surface area (Å²) < 4.78 is 35.8. The topological polar surface area (TPSA) is 66.4 Å². The molecule has 0 aliphatic carbocycles. The summed E-state index contributed by atoms with van der Waals surface area (Å²) in [5.41, 5.74) is 0.671. The molecule has 0 aliphatic rings. The van der Waals surface area contributed by atoms with Gasteiger partial charge in [-0.2, -0.15) is 13.2 Å². The maximum absolute atomic E-state index is 11.9. The highest BCUT2D eigenvalue weighted by atomic mass is 19.4. The lowest BCUT2D eigenvalue weighted by Crippen LogP contribution is -2.26. The first kappa shape index (κ1) is 16.0. The zero-order valence-electron chi connectivity index (χ0n) is 10.8. The smallest absolute Gasteiger partial charge is 0.389 e. The Hall–Kier alpha value is -2.05. The number of hydrogen-bond donors (Lipinski definition) is 2. The summed E-state index contributed by atoms with van der Waals surface area (Å²) in [4.78, 5) is 22.6. The van der Waals surface area contributed by atoms with Crippen LogP contribution in [0.4, 0.5) is 13.2 Å². The molecule has 0 heterocycles. The molecular weight excluding hydrogens is 275 g/mol. The SMILES string of the molecule is Cc1cc(C(=O)O)cc(C(=O)NCCCC(F)(F)F)c1. The maximum Gasteiger partial charge on any atom is 0.389 e. The number of carbonyl (C=O) groups excluding carboxylic acids is 1. The van der Waals surface area contributed by atoms with E-state index in [9.17, 15) is 22.8 Å². The van der Waals surface area contributed by atoms with E-state index in [4.69, 9.17) is 5.11 Å². The highest BCUT2D eigenvalue weighted by Gasteiger charge is 2.26. The van der Waals surface area contributed by atoms with Crippen LogP contribution in [-0.2, 0) is 0 Å². The second-order valence-corrected chi connectivity index (χ2v) is 4.37. The molecule has 1 aromatic rings. The molecule has 1 rings (SSSR count). The molecule has 0 fully saturated rings. The average molecular weight is 289 g/mol. The molecule has 0 atom stereocenters. The van der Waals surface area contributed by atoms with Gasteiger partial charge in [-0.25, -0.2) is 4.79 Å². The van der Waals surface area contributed by atoms with Crippen LogP contribution in [0.2, 0.25) is 0 Å². The number of carboxylic acids is 1. The Kier molecular flexibility index (Phi) is 5.12. The fourth-order valence-electron chi connectivity index (χ4n) is 1.63. The normalized spacial score (nSPS) is 11.2. The van der Waals surface area contributed by atoms with Crippen molar-refractivity contribution in [3.63, 3.8) is 0 Å². The van der Waals surface area contributed by atoms with E-state index < -0.39 is 24.5 Å². The van der Waals surface area contributed by atoms with Gasteiger partial charge in [-0.05, 0) is 37.1 Å². The van der Waals surface area contributed by atoms with Gasteiger partial charge in [-0.15, -0.1) is 0 Å². The van der Waals surface area contributed by atoms with Gasteiger partial charge < -0.3 is 10.4 Å². The standard InChI is InChI=1S/C13H14F3NO3/c1-8-5-9(7-10(6-8)12(19)20)11(18)17-4-2-3-13(14,15)16/h5-7H,2-4H2,1H3,(H,17,18)(H,19,20). The van der Waals surface area contributed by atoms with Crippen molar-refractivity contribution in [3.8, 4) is 0 Å². The van der Waals surface area contributed by atoms with Crippen molar-refractivity contribution in [1.82, 2.24) is 5.32 Å². The van der Waals surface area contributed by atoms with Crippen molar-refractivity contribution in [2.45, 2.75) is 25.9 Å². The van der Waals surface area contributed by atoms with Crippen LogP contribution in [0, 0.1) is 6.92 Å². The van der Waals surface area contributed by atoms with Gasteiger partial charge in [0, 0.05) is 18.5 Å². The summed E-state index contributed by atoms with van der Waals surface area (Å²) >= 11 is 0. The van der Waals surface area contributed by atoms with Crippen LogP contribution in [0.3, 0.4) is 0 Å². The zero-order valence-corrected chi connectivity index (χ0v) is 10.8. The summed E-state index contributed by atoms with van der Waals surface area (Å²) in [7, 11) is 0. The molecular formula is C13H14F3NO3. The molecule has 1 aromatic carbocycles. The monoisotopic (exact) mass is 289 g/mol. The van der Waals surface area contributed by atoms with Crippen molar-refractivity contribution in [2.24, 2.45) is 0 Å². The molecule has 0 bridgehead atoms. The fourth-order valence-corrected chi connectivity index (χ4v) is 1.63. The van der Waals surface area contributed by atoms with Crippen molar-refractivity contribution < 1.29 is 27.9 Å². The Morgan fingerprint density at radius 3 is 2.35 bits per heavy atom. The third kappa shape index (κ3) is 5.29. The minimum atomic E-state index is -4.25. The Morgan fingerprint density at radius 1 is 1.20 bits per heavy atom. The molecule has 0 aromatic heterocycles. The molecule has 20 heavy (non-hydrogen) atoms. The molecule has 0 saturated carbocycles. The Bertz CT molecular complexity index is 512. The van der Waals surface area contributed by atoms with Gasteiger partial charge in [0.15, 0.2) is 0 Å². The van der Waals surface area contributed by atoms with Crippen molar-refractivity contribution >= 4 is 11.9 Å². The van der Waals surface area contributed by atoms with Crippen LogP contribution in [0.1, 0.15) is 39.1 Å². The van der Waals surface area contributed by atoms with Crippen LogP contribution >= 0.6 is 0 Å². The third-order valence-electron chi connectivity index (χ3n) is 2.51. The highest BCUT2D eigenvalue weighted by molar-refractivity contribution is 5.97.